The van der Waals surface area contributed by atoms with Gasteiger partial charge in [0.1, 0.15) is 12.5 Å². The SMILES string of the molecule is CCCOc1ccccc1N(C)CO. The van der Waals surface area contributed by atoms with Crippen molar-refractivity contribution in [2.45, 2.75) is 13.3 Å². The highest BCUT2D eigenvalue weighted by Crippen LogP contribution is 2.26. The second kappa shape index (κ2) is 5.50. The van der Waals surface area contributed by atoms with Crippen LogP contribution in [0.3, 0.4) is 0 Å². The minimum absolute atomic E-state index is 0.00744. The van der Waals surface area contributed by atoms with Crippen molar-refractivity contribution in [1.29, 1.82) is 0 Å². The Morgan fingerprint density at radius 1 is 1.36 bits per heavy atom. The summed E-state index contributed by atoms with van der Waals surface area (Å²) in [6.45, 7) is 2.77. The Balaban J connectivity index is 2.79. The molecule has 0 spiro atoms. The van der Waals surface area contributed by atoms with Gasteiger partial charge in [-0.3, -0.25) is 0 Å². The van der Waals surface area contributed by atoms with E-state index in [2.05, 4.69) is 6.92 Å². The van der Waals surface area contributed by atoms with Gasteiger partial charge in [0, 0.05) is 7.05 Å². The first-order valence-electron chi connectivity index (χ1n) is 4.83. The molecule has 0 bridgehead atoms. The van der Waals surface area contributed by atoms with Crippen molar-refractivity contribution in [2.24, 2.45) is 0 Å². The fraction of sp³-hybridized carbons (Fsp3) is 0.455. The van der Waals surface area contributed by atoms with Crippen LogP contribution in [0.1, 0.15) is 13.3 Å². The number of anilines is 1. The number of nitrogens with zero attached hydrogens (tertiary/aromatic N) is 1. The van der Waals surface area contributed by atoms with Crippen LogP contribution < -0.4 is 9.64 Å². The molecule has 3 nitrogen and oxygen atoms in total. The first-order chi connectivity index (χ1) is 6.79. The van der Waals surface area contributed by atoms with Gasteiger partial charge in [0.15, 0.2) is 0 Å². The highest BCUT2D eigenvalue weighted by Gasteiger charge is 2.05. The number of aliphatic hydroxyl groups excluding tert-OH is 1. The number of benzene rings is 1. The molecule has 0 radical (unpaired) electrons. The number of hydrogen-bond acceptors (Lipinski definition) is 3. The predicted octanol–water partition coefficient (Wildman–Crippen LogP) is 1.86. The Hall–Kier alpha value is -1.22. The lowest BCUT2D eigenvalue weighted by Gasteiger charge is -2.19. The molecular weight excluding hydrogens is 178 g/mol. The summed E-state index contributed by atoms with van der Waals surface area (Å²) in [6.07, 6.45) is 0.983. The lowest BCUT2D eigenvalue weighted by atomic mass is 10.3. The van der Waals surface area contributed by atoms with Crippen molar-refractivity contribution >= 4 is 5.69 Å². The fourth-order valence-electron chi connectivity index (χ4n) is 1.18. The molecule has 0 atom stereocenters. The second-order valence-electron chi connectivity index (χ2n) is 3.16. The Morgan fingerprint density at radius 3 is 2.71 bits per heavy atom. The van der Waals surface area contributed by atoms with Crippen molar-refractivity contribution in [3.63, 3.8) is 0 Å². The van der Waals surface area contributed by atoms with Gasteiger partial charge in [-0.15, -0.1) is 0 Å². The number of rotatable bonds is 5. The minimum Gasteiger partial charge on any atom is -0.491 e. The number of hydrogen-bond donors (Lipinski definition) is 1. The summed E-state index contributed by atoms with van der Waals surface area (Å²) in [5, 5.41) is 9.01. The van der Waals surface area contributed by atoms with E-state index in [9.17, 15) is 0 Å². The van der Waals surface area contributed by atoms with E-state index < -0.39 is 0 Å². The predicted molar refractivity (Wildman–Crippen MR) is 57.7 cm³/mol. The standard InChI is InChI=1S/C11H17NO2/c1-3-8-14-11-7-5-4-6-10(11)12(2)9-13/h4-7,13H,3,8-9H2,1-2H3. The van der Waals surface area contributed by atoms with Crippen molar-refractivity contribution in [3.8, 4) is 5.75 Å². The molecule has 1 N–H and O–H groups in total. The number of para-hydroxylation sites is 2. The van der Waals surface area contributed by atoms with E-state index in [1.807, 2.05) is 31.3 Å². The molecule has 0 heterocycles. The molecule has 1 aromatic carbocycles. The molecule has 1 aromatic rings. The zero-order chi connectivity index (χ0) is 10.4. The van der Waals surface area contributed by atoms with Gasteiger partial charge >= 0.3 is 0 Å². The maximum atomic E-state index is 9.01. The molecule has 0 saturated heterocycles. The summed E-state index contributed by atoms with van der Waals surface area (Å²) < 4.78 is 5.56. The Bertz CT molecular complexity index is 276. The van der Waals surface area contributed by atoms with Crippen LogP contribution in [0.5, 0.6) is 5.75 Å². The van der Waals surface area contributed by atoms with E-state index in [0.29, 0.717) is 6.61 Å². The van der Waals surface area contributed by atoms with Gasteiger partial charge in [-0.2, -0.15) is 0 Å². The quantitative estimate of drug-likeness (QED) is 0.728. The van der Waals surface area contributed by atoms with Crippen molar-refractivity contribution in [2.75, 3.05) is 25.3 Å². The molecule has 1 rings (SSSR count). The lowest BCUT2D eigenvalue weighted by molar-refractivity contribution is 0.291. The van der Waals surface area contributed by atoms with Gasteiger partial charge in [0.25, 0.3) is 0 Å². The summed E-state index contributed by atoms with van der Waals surface area (Å²) >= 11 is 0. The van der Waals surface area contributed by atoms with Gasteiger partial charge in [-0.25, -0.2) is 0 Å². The molecule has 78 valence electrons. The van der Waals surface area contributed by atoms with E-state index >= 15 is 0 Å². The Labute approximate surface area is 84.9 Å². The first kappa shape index (κ1) is 10.9. The molecule has 0 aromatic heterocycles. The van der Waals surface area contributed by atoms with Gasteiger partial charge in [0.05, 0.1) is 12.3 Å². The minimum atomic E-state index is -0.00744. The van der Waals surface area contributed by atoms with Crippen molar-refractivity contribution in [1.82, 2.24) is 0 Å². The van der Waals surface area contributed by atoms with Crippen LogP contribution in [0.25, 0.3) is 0 Å². The molecule has 0 amide bonds. The van der Waals surface area contributed by atoms with Gasteiger partial charge in [-0.05, 0) is 18.6 Å². The van der Waals surface area contributed by atoms with Crippen LogP contribution in [-0.4, -0.2) is 25.5 Å². The molecular formula is C11H17NO2. The van der Waals surface area contributed by atoms with Gasteiger partial charge < -0.3 is 14.7 Å². The van der Waals surface area contributed by atoms with E-state index in [4.69, 9.17) is 9.84 Å². The van der Waals surface area contributed by atoms with Crippen molar-refractivity contribution < 1.29 is 9.84 Å². The third-order valence-corrected chi connectivity index (χ3v) is 1.95. The average Bonchev–Trinajstić information content (AvgIpc) is 2.25. The molecule has 0 unspecified atom stereocenters. The molecule has 3 heteroatoms. The van der Waals surface area contributed by atoms with Crippen LogP contribution in [0, 0.1) is 0 Å². The average molecular weight is 195 g/mol. The van der Waals surface area contributed by atoms with Gasteiger partial charge in [-0.1, -0.05) is 19.1 Å². The Morgan fingerprint density at radius 2 is 2.07 bits per heavy atom. The van der Waals surface area contributed by atoms with Crippen LogP contribution in [0.15, 0.2) is 24.3 Å². The monoisotopic (exact) mass is 195 g/mol. The topological polar surface area (TPSA) is 32.7 Å². The third kappa shape index (κ3) is 2.64. The Kier molecular flexibility index (Phi) is 4.26. The molecule has 0 aliphatic carbocycles. The molecule has 0 aliphatic rings. The zero-order valence-corrected chi connectivity index (χ0v) is 8.73. The summed E-state index contributed by atoms with van der Waals surface area (Å²) in [5.74, 6) is 0.825. The van der Waals surface area contributed by atoms with E-state index in [-0.39, 0.29) is 6.73 Å². The van der Waals surface area contributed by atoms with Crippen molar-refractivity contribution in [3.05, 3.63) is 24.3 Å². The smallest absolute Gasteiger partial charge is 0.142 e. The summed E-state index contributed by atoms with van der Waals surface area (Å²) in [5.41, 5.74) is 0.920. The second-order valence-corrected chi connectivity index (χ2v) is 3.16. The first-order valence-corrected chi connectivity index (χ1v) is 4.83. The maximum Gasteiger partial charge on any atom is 0.142 e. The molecule has 0 aliphatic heterocycles. The number of ether oxygens (including phenoxy) is 1. The summed E-state index contributed by atoms with van der Waals surface area (Å²) in [7, 11) is 1.83. The van der Waals surface area contributed by atoms with Crippen LogP contribution in [-0.2, 0) is 0 Å². The van der Waals surface area contributed by atoms with E-state index in [0.717, 1.165) is 17.9 Å². The largest absolute Gasteiger partial charge is 0.491 e. The highest BCUT2D eigenvalue weighted by atomic mass is 16.5. The summed E-state index contributed by atoms with van der Waals surface area (Å²) in [6, 6.07) is 7.71. The summed E-state index contributed by atoms with van der Waals surface area (Å²) in [4.78, 5) is 1.74. The zero-order valence-electron chi connectivity index (χ0n) is 8.73. The normalized spacial score (nSPS) is 9.93. The number of aliphatic hydroxyl groups is 1. The molecule has 14 heavy (non-hydrogen) atoms. The van der Waals surface area contributed by atoms with Gasteiger partial charge in [0.2, 0.25) is 0 Å². The van der Waals surface area contributed by atoms with E-state index in [1.165, 1.54) is 0 Å². The maximum absolute atomic E-state index is 9.01. The fourth-order valence-corrected chi connectivity index (χ4v) is 1.18. The van der Waals surface area contributed by atoms with Crippen LogP contribution >= 0.6 is 0 Å². The lowest BCUT2D eigenvalue weighted by Crippen LogP contribution is -2.18. The van der Waals surface area contributed by atoms with Crippen LogP contribution in [0.2, 0.25) is 0 Å². The van der Waals surface area contributed by atoms with Crippen LogP contribution in [0.4, 0.5) is 5.69 Å². The third-order valence-electron chi connectivity index (χ3n) is 1.95. The molecule has 0 fully saturated rings. The van der Waals surface area contributed by atoms with E-state index in [1.54, 1.807) is 4.90 Å². The highest BCUT2D eigenvalue weighted by molar-refractivity contribution is 5.57. The molecule has 0 saturated carbocycles.